The minimum Gasteiger partial charge on any atom is -0.493 e. The summed E-state index contributed by atoms with van der Waals surface area (Å²) >= 11 is 0. The number of para-hydroxylation sites is 2. The van der Waals surface area contributed by atoms with Crippen molar-refractivity contribution in [2.75, 3.05) is 20.3 Å². The van der Waals surface area contributed by atoms with Crippen LogP contribution < -0.4 is 24.3 Å². The fraction of sp³-hybridized carbons (Fsp3) is 0.381. The zero-order valence-corrected chi connectivity index (χ0v) is 15.9. The second kappa shape index (κ2) is 8.66. The molecule has 1 heterocycles. The van der Waals surface area contributed by atoms with Crippen molar-refractivity contribution >= 4 is 5.91 Å². The first-order chi connectivity index (χ1) is 13.1. The molecule has 3 rings (SSSR count). The van der Waals surface area contributed by atoms with E-state index in [0.29, 0.717) is 36.0 Å². The molecule has 0 saturated heterocycles. The highest BCUT2D eigenvalue weighted by atomic mass is 16.6. The van der Waals surface area contributed by atoms with Gasteiger partial charge in [-0.1, -0.05) is 19.1 Å². The fourth-order valence-electron chi connectivity index (χ4n) is 2.81. The van der Waals surface area contributed by atoms with Gasteiger partial charge in [-0.2, -0.15) is 0 Å². The zero-order chi connectivity index (χ0) is 19.2. The van der Waals surface area contributed by atoms with Gasteiger partial charge < -0.3 is 24.3 Å². The average Bonchev–Trinajstić information content (AvgIpc) is 2.71. The second-order valence-corrected chi connectivity index (χ2v) is 6.39. The number of ether oxygens (including phenoxy) is 4. The molecule has 2 aromatic rings. The largest absolute Gasteiger partial charge is 0.493 e. The van der Waals surface area contributed by atoms with Crippen LogP contribution in [0.4, 0.5) is 0 Å². The molecule has 0 radical (unpaired) electrons. The van der Waals surface area contributed by atoms with Crippen molar-refractivity contribution in [3.05, 3.63) is 48.0 Å². The van der Waals surface area contributed by atoms with Crippen molar-refractivity contribution in [3.63, 3.8) is 0 Å². The third-order valence-corrected chi connectivity index (χ3v) is 4.33. The molecular formula is C21H25NO5. The molecule has 2 aromatic carbocycles. The summed E-state index contributed by atoms with van der Waals surface area (Å²) in [6.07, 6.45) is 0.632. The van der Waals surface area contributed by atoms with Gasteiger partial charge in [-0.25, -0.2) is 0 Å². The molecule has 1 aliphatic rings. The number of carbonyl (C=O) groups is 1. The van der Waals surface area contributed by atoms with Crippen molar-refractivity contribution in [1.82, 2.24) is 5.32 Å². The predicted molar refractivity (Wildman–Crippen MR) is 102 cm³/mol. The van der Waals surface area contributed by atoms with E-state index in [1.54, 1.807) is 25.3 Å². The maximum Gasteiger partial charge on any atom is 0.251 e. The topological polar surface area (TPSA) is 66.0 Å². The maximum absolute atomic E-state index is 12.6. The highest BCUT2D eigenvalue weighted by Crippen LogP contribution is 2.32. The van der Waals surface area contributed by atoms with Crippen molar-refractivity contribution in [1.29, 1.82) is 0 Å². The summed E-state index contributed by atoms with van der Waals surface area (Å²) in [5, 5.41) is 2.97. The van der Waals surface area contributed by atoms with Crippen molar-refractivity contribution in [2.45, 2.75) is 32.4 Å². The molecule has 0 aliphatic carbocycles. The Labute approximate surface area is 159 Å². The Morgan fingerprint density at radius 1 is 1.22 bits per heavy atom. The number of nitrogens with one attached hydrogen (secondary N) is 1. The number of fused-ring (bicyclic) bond motifs is 1. The van der Waals surface area contributed by atoms with Gasteiger partial charge in [0.15, 0.2) is 29.1 Å². The Kier molecular flexibility index (Phi) is 6.06. The third kappa shape index (κ3) is 4.45. The van der Waals surface area contributed by atoms with Crippen LogP contribution in [0.3, 0.4) is 0 Å². The molecule has 1 amide bonds. The van der Waals surface area contributed by atoms with Crippen LogP contribution in [0.15, 0.2) is 42.5 Å². The van der Waals surface area contributed by atoms with Crippen LogP contribution in [0.2, 0.25) is 0 Å². The molecule has 0 bridgehead atoms. The monoisotopic (exact) mass is 371 g/mol. The Morgan fingerprint density at radius 3 is 2.74 bits per heavy atom. The first kappa shape index (κ1) is 18.9. The number of methoxy groups -OCH3 is 1. The number of carbonyl (C=O) groups excluding carboxylic acids is 1. The summed E-state index contributed by atoms with van der Waals surface area (Å²) in [6, 6.07) is 12.4. The fourth-order valence-corrected chi connectivity index (χ4v) is 2.81. The normalized spacial score (nSPS) is 16.3. The predicted octanol–water partition coefficient (Wildman–Crippen LogP) is 3.44. The molecule has 2 atom stereocenters. The lowest BCUT2D eigenvalue weighted by Crippen LogP contribution is -2.48. The Hall–Kier alpha value is -2.89. The zero-order valence-electron chi connectivity index (χ0n) is 15.9. The van der Waals surface area contributed by atoms with Crippen LogP contribution in [0, 0.1) is 0 Å². The number of amides is 1. The Bertz CT molecular complexity index is 792. The van der Waals surface area contributed by atoms with Gasteiger partial charge in [0.05, 0.1) is 19.8 Å². The molecule has 0 aromatic heterocycles. The number of rotatable bonds is 7. The van der Waals surface area contributed by atoms with Gasteiger partial charge in [0, 0.05) is 5.56 Å². The Morgan fingerprint density at radius 2 is 2.00 bits per heavy atom. The van der Waals surface area contributed by atoms with Crippen LogP contribution in [0.25, 0.3) is 0 Å². The quantitative estimate of drug-likeness (QED) is 0.808. The van der Waals surface area contributed by atoms with Gasteiger partial charge in [-0.05, 0) is 43.7 Å². The summed E-state index contributed by atoms with van der Waals surface area (Å²) in [5.74, 6) is 2.37. The molecule has 1 aliphatic heterocycles. The smallest absolute Gasteiger partial charge is 0.251 e. The van der Waals surface area contributed by atoms with E-state index in [1.165, 1.54) is 0 Å². The van der Waals surface area contributed by atoms with Crippen LogP contribution in [-0.4, -0.2) is 38.4 Å². The van der Waals surface area contributed by atoms with Crippen LogP contribution in [0.5, 0.6) is 23.0 Å². The van der Waals surface area contributed by atoms with Gasteiger partial charge in [-0.15, -0.1) is 0 Å². The van der Waals surface area contributed by atoms with Crippen LogP contribution in [-0.2, 0) is 0 Å². The van der Waals surface area contributed by atoms with Gasteiger partial charge >= 0.3 is 0 Å². The SMILES string of the molecule is CCCOc1ccc(C(=O)N[C@@H](C)[C@H]2COc3ccccc3O2)cc1OC. The molecule has 0 saturated carbocycles. The van der Waals surface area contributed by atoms with Crippen LogP contribution >= 0.6 is 0 Å². The third-order valence-electron chi connectivity index (χ3n) is 4.33. The second-order valence-electron chi connectivity index (χ2n) is 6.39. The lowest BCUT2D eigenvalue weighted by Gasteiger charge is -2.30. The van der Waals surface area contributed by atoms with E-state index in [4.69, 9.17) is 18.9 Å². The van der Waals surface area contributed by atoms with E-state index in [9.17, 15) is 4.79 Å². The lowest BCUT2D eigenvalue weighted by atomic mass is 10.1. The first-order valence-corrected chi connectivity index (χ1v) is 9.12. The number of hydrogen-bond acceptors (Lipinski definition) is 5. The highest BCUT2D eigenvalue weighted by Gasteiger charge is 2.27. The van der Waals surface area contributed by atoms with Gasteiger partial charge in [0.25, 0.3) is 5.91 Å². The van der Waals surface area contributed by atoms with Gasteiger partial charge in [0.2, 0.25) is 0 Å². The van der Waals surface area contributed by atoms with Gasteiger partial charge in [0.1, 0.15) is 6.61 Å². The van der Waals surface area contributed by atoms with E-state index in [0.717, 1.165) is 12.2 Å². The minimum absolute atomic E-state index is 0.203. The van der Waals surface area contributed by atoms with Crippen LogP contribution in [0.1, 0.15) is 30.6 Å². The molecule has 6 heteroatoms. The first-order valence-electron chi connectivity index (χ1n) is 9.12. The maximum atomic E-state index is 12.6. The molecule has 0 spiro atoms. The van der Waals surface area contributed by atoms with E-state index in [1.807, 2.05) is 38.1 Å². The van der Waals surface area contributed by atoms with E-state index in [2.05, 4.69) is 5.32 Å². The lowest BCUT2D eigenvalue weighted by molar-refractivity contribution is 0.0606. The molecule has 144 valence electrons. The molecule has 1 N–H and O–H groups in total. The Balaban J connectivity index is 1.64. The molecule has 27 heavy (non-hydrogen) atoms. The molecular weight excluding hydrogens is 346 g/mol. The summed E-state index contributed by atoms with van der Waals surface area (Å²) < 4.78 is 22.6. The summed E-state index contributed by atoms with van der Waals surface area (Å²) in [4.78, 5) is 12.6. The molecule has 0 fully saturated rings. The van der Waals surface area contributed by atoms with Crippen molar-refractivity contribution < 1.29 is 23.7 Å². The van der Waals surface area contributed by atoms with E-state index in [-0.39, 0.29) is 18.1 Å². The van der Waals surface area contributed by atoms with Crippen molar-refractivity contribution in [3.8, 4) is 23.0 Å². The summed E-state index contributed by atoms with van der Waals surface area (Å²) in [7, 11) is 1.56. The number of hydrogen-bond donors (Lipinski definition) is 1. The standard InChI is InChI=1S/C21H25NO5/c1-4-11-25-17-10-9-15(12-19(17)24-3)21(23)22-14(2)20-13-26-16-7-5-6-8-18(16)27-20/h5-10,12,14,20H,4,11,13H2,1-3H3,(H,22,23)/t14-,20+/m0/s1. The molecule has 0 unspecified atom stereocenters. The van der Waals surface area contributed by atoms with Gasteiger partial charge in [-0.3, -0.25) is 4.79 Å². The average molecular weight is 371 g/mol. The highest BCUT2D eigenvalue weighted by molar-refractivity contribution is 5.95. The van der Waals surface area contributed by atoms with E-state index >= 15 is 0 Å². The van der Waals surface area contributed by atoms with Crippen molar-refractivity contribution in [2.24, 2.45) is 0 Å². The molecule has 6 nitrogen and oxygen atoms in total. The minimum atomic E-state index is -0.266. The van der Waals surface area contributed by atoms with E-state index < -0.39 is 0 Å². The number of benzene rings is 2. The summed E-state index contributed by atoms with van der Waals surface area (Å²) in [5.41, 5.74) is 0.500. The summed E-state index contributed by atoms with van der Waals surface area (Å²) in [6.45, 7) is 4.91.